The quantitative estimate of drug-likeness (QED) is 0.796. The molecule has 1 aromatic heterocycles. The molecular weight excluding hydrogens is 255 g/mol. The maximum Gasteiger partial charge on any atom is 0.227 e. The van der Waals surface area contributed by atoms with E-state index in [-0.39, 0.29) is 11.7 Å². The Balaban J connectivity index is 2.20. The lowest BCUT2D eigenvalue weighted by molar-refractivity contribution is 0.0941. The van der Waals surface area contributed by atoms with Gasteiger partial charge >= 0.3 is 0 Å². The molecule has 20 heavy (non-hydrogen) atoms. The summed E-state index contributed by atoms with van der Waals surface area (Å²) in [5.41, 5.74) is 2.94. The Morgan fingerprint density at radius 2 is 2.15 bits per heavy atom. The van der Waals surface area contributed by atoms with Gasteiger partial charge in [-0.3, -0.25) is 9.36 Å². The van der Waals surface area contributed by atoms with Crippen LogP contribution in [0.4, 0.5) is 4.39 Å². The van der Waals surface area contributed by atoms with Crippen LogP contribution < -0.4 is 0 Å². The Hall–Kier alpha value is -1.94. The summed E-state index contributed by atoms with van der Waals surface area (Å²) in [6.07, 6.45) is 4.92. The van der Waals surface area contributed by atoms with E-state index in [0.29, 0.717) is 0 Å². The van der Waals surface area contributed by atoms with Crippen LogP contribution in [0.1, 0.15) is 23.7 Å². The van der Waals surface area contributed by atoms with Gasteiger partial charge in [-0.25, -0.2) is 4.39 Å². The third-order valence-corrected chi connectivity index (χ3v) is 3.86. The molecule has 0 bridgehead atoms. The highest BCUT2D eigenvalue weighted by molar-refractivity contribution is 5.99. The summed E-state index contributed by atoms with van der Waals surface area (Å²) in [5, 5.41) is 0.816. The minimum Gasteiger partial charge on any atom is -0.302 e. The zero-order valence-electron chi connectivity index (χ0n) is 11.7. The van der Waals surface area contributed by atoms with Crippen LogP contribution in [-0.4, -0.2) is 35.5 Å². The molecule has 0 N–H and O–H groups in total. The molecule has 3 nitrogen and oxygen atoms in total. The van der Waals surface area contributed by atoms with E-state index in [4.69, 9.17) is 0 Å². The Kier molecular flexibility index (Phi) is 3.18. The van der Waals surface area contributed by atoms with Gasteiger partial charge in [-0.1, -0.05) is 6.08 Å². The molecule has 0 radical (unpaired) electrons. The second kappa shape index (κ2) is 4.87. The van der Waals surface area contributed by atoms with Crippen molar-refractivity contribution in [2.45, 2.75) is 13.3 Å². The fourth-order valence-corrected chi connectivity index (χ4v) is 2.73. The van der Waals surface area contributed by atoms with Crippen molar-refractivity contribution in [3.05, 3.63) is 41.9 Å². The molecular formula is C16H17FN2O. The topological polar surface area (TPSA) is 25.2 Å². The molecule has 0 fully saturated rings. The van der Waals surface area contributed by atoms with E-state index in [9.17, 15) is 9.18 Å². The summed E-state index contributed by atoms with van der Waals surface area (Å²) in [7, 11) is 2.08. The van der Waals surface area contributed by atoms with Crippen LogP contribution >= 0.6 is 0 Å². The molecule has 1 aliphatic heterocycles. The molecule has 1 aromatic carbocycles. The second-order valence-electron chi connectivity index (χ2n) is 5.33. The smallest absolute Gasteiger partial charge is 0.227 e. The normalized spacial score (nSPS) is 16.4. The summed E-state index contributed by atoms with van der Waals surface area (Å²) in [5.74, 6) is -0.324. The van der Waals surface area contributed by atoms with Crippen LogP contribution in [0.2, 0.25) is 0 Å². The molecule has 0 saturated carbocycles. The highest BCUT2D eigenvalue weighted by atomic mass is 19.1. The monoisotopic (exact) mass is 272 g/mol. The average Bonchev–Trinajstić information content (AvgIpc) is 2.78. The molecule has 0 atom stereocenters. The van der Waals surface area contributed by atoms with E-state index in [0.717, 1.165) is 36.0 Å². The van der Waals surface area contributed by atoms with Gasteiger partial charge in [0.1, 0.15) is 5.82 Å². The van der Waals surface area contributed by atoms with Crippen molar-refractivity contribution in [3.8, 4) is 0 Å². The van der Waals surface area contributed by atoms with Crippen molar-refractivity contribution < 1.29 is 9.18 Å². The van der Waals surface area contributed by atoms with Gasteiger partial charge in [-0.15, -0.1) is 0 Å². The van der Waals surface area contributed by atoms with Crippen LogP contribution in [-0.2, 0) is 0 Å². The first-order valence-corrected chi connectivity index (χ1v) is 6.76. The first-order chi connectivity index (χ1) is 9.56. The highest BCUT2D eigenvalue weighted by Crippen LogP contribution is 2.31. The maximum absolute atomic E-state index is 13.5. The lowest BCUT2D eigenvalue weighted by atomic mass is 9.99. The Morgan fingerprint density at radius 1 is 1.35 bits per heavy atom. The van der Waals surface area contributed by atoms with Crippen molar-refractivity contribution >= 4 is 22.4 Å². The summed E-state index contributed by atoms with van der Waals surface area (Å²) < 4.78 is 15.1. The number of rotatable bonds is 1. The molecule has 0 saturated heterocycles. The fourth-order valence-electron chi connectivity index (χ4n) is 2.73. The SMILES string of the molecule is CC(=O)n1cc(C2=CCN(C)CC2)c2cc(F)ccc21. The van der Waals surface area contributed by atoms with E-state index < -0.39 is 0 Å². The molecule has 104 valence electrons. The Labute approximate surface area is 117 Å². The van der Waals surface area contributed by atoms with Crippen LogP contribution in [0.15, 0.2) is 30.5 Å². The van der Waals surface area contributed by atoms with Crippen molar-refractivity contribution in [2.24, 2.45) is 0 Å². The van der Waals surface area contributed by atoms with Crippen LogP contribution in [0.5, 0.6) is 0 Å². The van der Waals surface area contributed by atoms with Gasteiger partial charge in [0.05, 0.1) is 5.52 Å². The molecule has 2 aromatic rings. The number of hydrogen-bond donors (Lipinski definition) is 0. The van der Waals surface area contributed by atoms with Gasteiger partial charge in [-0.2, -0.15) is 0 Å². The van der Waals surface area contributed by atoms with Crippen molar-refractivity contribution in [1.82, 2.24) is 9.47 Å². The molecule has 0 aliphatic carbocycles. The maximum atomic E-state index is 13.5. The number of carbonyl (C=O) groups excluding carboxylic acids is 1. The van der Waals surface area contributed by atoms with Crippen molar-refractivity contribution in [1.29, 1.82) is 0 Å². The molecule has 1 aliphatic rings. The molecule has 0 amide bonds. The van der Waals surface area contributed by atoms with Gasteiger partial charge in [0, 0.05) is 37.2 Å². The van der Waals surface area contributed by atoms with Gasteiger partial charge in [-0.05, 0) is 37.2 Å². The molecule has 0 unspecified atom stereocenters. The number of nitrogens with zero attached hydrogens (tertiary/aromatic N) is 2. The Morgan fingerprint density at radius 3 is 2.80 bits per heavy atom. The molecule has 4 heteroatoms. The van der Waals surface area contributed by atoms with Crippen molar-refractivity contribution in [3.63, 3.8) is 0 Å². The average molecular weight is 272 g/mol. The summed E-state index contributed by atoms with van der Waals surface area (Å²) in [4.78, 5) is 14.0. The first-order valence-electron chi connectivity index (χ1n) is 6.76. The van der Waals surface area contributed by atoms with Crippen LogP contribution in [0.25, 0.3) is 16.5 Å². The lowest BCUT2D eigenvalue weighted by Gasteiger charge is -2.21. The number of fused-ring (bicyclic) bond motifs is 1. The van der Waals surface area contributed by atoms with Gasteiger partial charge in [0.2, 0.25) is 5.91 Å². The number of benzene rings is 1. The standard InChI is InChI=1S/C16H17FN2O/c1-11(20)19-10-15(12-5-7-18(2)8-6-12)14-9-13(17)3-4-16(14)19/h3-5,9-10H,6-8H2,1-2H3. The predicted molar refractivity (Wildman–Crippen MR) is 78.3 cm³/mol. The number of carbonyl (C=O) groups is 1. The summed E-state index contributed by atoms with van der Waals surface area (Å²) >= 11 is 0. The summed E-state index contributed by atoms with van der Waals surface area (Å²) in [6.45, 7) is 3.39. The fraction of sp³-hybridized carbons (Fsp3) is 0.312. The van der Waals surface area contributed by atoms with Gasteiger partial charge < -0.3 is 4.90 Å². The Bertz CT molecular complexity index is 715. The predicted octanol–water partition coefficient (Wildman–Crippen LogP) is 3.16. The lowest BCUT2D eigenvalue weighted by Crippen LogP contribution is -2.23. The third-order valence-electron chi connectivity index (χ3n) is 3.86. The largest absolute Gasteiger partial charge is 0.302 e. The van der Waals surface area contributed by atoms with Crippen LogP contribution in [0.3, 0.4) is 0 Å². The number of likely N-dealkylation sites (N-methyl/N-ethyl adjacent to an activating group) is 1. The minimum absolute atomic E-state index is 0.0543. The summed E-state index contributed by atoms with van der Waals surface area (Å²) in [6, 6.07) is 4.59. The second-order valence-corrected chi connectivity index (χ2v) is 5.33. The zero-order chi connectivity index (χ0) is 14.3. The highest BCUT2D eigenvalue weighted by Gasteiger charge is 2.17. The van der Waals surface area contributed by atoms with E-state index in [1.165, 1.54) is 24.6 Å². The van der Waals surface area contributed by atoms with Crippen molar-refractivity contribution in [2.75, 3.05) is 20.1 Å². The van der Waals surface area contributed by atoms with Crippen LogP contribution in [0, 0.1) is 5.82 Å². The first kappa shape index (κ1) is 13.1. The number of aromatic nitrogens is 1. The van der Waals surface area contributed by atoms with E-state index in [1.54, 1.807) is 10.6 Å². The minimum atomic E-state index is -0.270. The number of hydrogen-bond acceptors (Lipinski definition) is 2. The molecule has 0 spiro atoms. The van der Waals surface area contributed by atoms with E-state index >= 15 is 0 Å². The third kappa shape index (κ3) is 2.16. The van der Waals surface area contributed by atoms with Gasteiger partial charge in [0.15, 0.2) is 0 Å². The zero-order valence-corrected chi connectivity index (χ0v) is 11.7. The van der Waals surface area contributed by atoms with E-state index in [2.05, 4.69) is 18.0 Å². The van der Waals surface area contributed by atoms with Gasteiger partial charge in [0.25, 0.3) is 0 Å². The van der Waals surface area contributed by atoms with E-state index in [1.807, 2.05) is 6.20 Å². The molecule has 3 rings (SSSR count). The molecule has 2 heterocycles. The number of halogens is 1.